The molecule has 0 amide bonds. The average Bonchev–Trinajstić information content (AvgIpc) is 3.05. The summed E-state index contributed by atoms with van der Waals surface area (Å²) in [6.45, 7) is 0.391. The van der Waals surface area contributed by atoms with E-state index in [-0.39, 0.29) is 13.3 Å². The van der Waals surface area contributed by atoms with Gasteiger partial charge in [-0.15, -0.1) is 0 Å². The molecule has 1 aliphatic heterocycles. The first-order valence-corrected chi connectivity index (χ1v) is 5.32. The lowest BCUT2D eigenvalue weighted by molar-refractivity contribution is 0.174. The van der Waals surface area contributed by atoms with Crippen LogP contribution in [0.25, 0.3) is 11.4 Å². The Labute approximate surface area is 102 Å². The standard InChI is InChI=1S/C11H11N3O4/c1-15-7-3-9-8(16-5-17-9)2-6(7)11-13-10(4-12)18-14-11/h2-3H,4-5,12H2,1H3. The molecule has 0 saturated heterocycles. The molecular weight excluding hydrogens is 238 g/mol. The molecule has 0 spiro atoms. The lowest BCUT2D eigenvalue weighted by Crippen LogP contribution is -1.96. The second-order valence-corrected chi connectivity index (χ2v) is 3.62. The second kappa shape index (κ2) is 4.19. The van der Waals surface area contributed by atoms with Gasteiger partial charge in [-0.25, -0.2) is 0 Å². The molecule has 18 heavy (non-hydrogen) atoms. The van der Waals surface area contributed by atoms with Crippen molar-refractivity contribution in [1.82, 2.24) is 10.1 Å². The topological polar surface area (TPSA) is 92.6 Å². The minimum Gasteiger partial charge on any atom is -0.496 e. The SMILES string of the molecule is COc1cc2c(cc1-c1noc(CN)n1)OCO2. The molecule has 0 bridgehead atoms. The lowest BCUT2D eigenvalue weighted by atomic mass is 10.1. The smallest absolute Gasteiger partial charge is 0.240 e. The normalized spacial score (nSPS) is 12.8. The predicted octanol–water partition coefficient (Wildman–Crippen LogP) is 0.933. The second-order valence-electron chi connectivity index (χ2n) is 3.62. The van der Waals surface area contributed by atoms with E-state index >= 15 is 0 Å². The molecule has 0 saturated carbocycles. The van der Waals surface area contributed by atoms with Gasteiger partial charge in [0.1, 0.15) is 5.75 Å². The first-order chi connectivity index (χ1) is 8.81. The molecule has 3 rings (SSSR count). The number of methoxy groups -OCH3 is 1. The van der Waals surface area contributed by atoms with E-state index in [1.165, 1.54) is 0 Å². The van der Waals surface area contributed by atoms with Crippen molar-refractivity contribution in [2.45, 2.75) is 6.54 Å². The molecular formula is C11H11N3O4. The van der Waals surface area contributed by atoms with Gasteiger partial charge in [0.15, 0.2) is 11.5 Å². The van der Waals surface area contributed by atoms with Gasteiger partial charge in [-0.3, -0.25) is 0 Å². The van der Waals surface area contributed by atoms with Crippen LogP contribution in [0.2, 0.25) is 0 Å². The van der Waals surface area contributed by atoms with Crippen LogP contribution < -0.4 is 19.9 Å². The molecule has 7 nitrogen and oxygen atoms in total. The number of nitrogens with two attached hydrogens (primary N) is 1. The van der Waals surface area contributed by atoms with Crippen molar-refractivity contribution >= 4 is 0 Å². The number of aromatic nitrogens is 2. The van der Waals surface area contributed by atoms with Gasteiger partial charge >= 0.3 is 0 Å². The molecule has 2 aromatic rings. The van der Waals surface area contributed by atoms with Crippen LogP contribution in [0.3, 0.4) is 0 Å². The van der Waals surface area contributed by atoms with Gasteiger partial charge in [-0.05, 0) is 6.07 Å². The number of ether oxygens (including phenoxy) is 3. The zero-order chi connectivity index (χ0) is 12.5. The number of hydrogen-bond donors (Lipinski definition) is 1. The van der Waals surface area contributed by atoms with E-state index < -0.39 is 0 Å². The monoisotopic (exact) mass is 249 g/mol. The molecule has 1 aliphatic rings. The lowest BCUT2D eigenvalue weighted by Gasteiger charge is -2.06. The fourth-order valence-electron chi connectivity index (χ4n) is 1.71. The van der Waals surface area contributed by atoms with Crippen LogP contribution in [-0.2, 0) is 6.54 Å². The third-order valence-electron chi connectivity index (χ3n) is 2.58. The van der Waals surface area contributed by atoms with Gasteiger partial charge in [0.25, 0.3) is 0 Å². The quantitative estimate of drug-likeness (QED) is 0.864. The van der Waals surface area contributed by atoms with E-state index in [0.29, 0.717) is 34.5 Å². The highest BCUT2D eigenvalue weighted by Crippen LogP contribution is 2.41. The Morgan fingerprint density at radius 2 is 2.11 bits per heavy atom. The van der Waals surface area contributed by atoms with Gasteiger partial charge in [0.2, 0.25) is 18.5 Å². The Bertz CT molecular complexity index is 582. The molecule has 1 aromatic heterocycles. The van der Waals surface area contributed by atoms with Crippen molar-refractivity contribution < 1.29 is 18.7 Å². The summed E-state index contributed by atoms with van der Waals surface area (Å²) in [5.74, 6) is 2.63. The van der Waals surface area contributed by atoms with Crippen LogP contribution in [0.1, 0.15) is 5.89 Å². The first-order valence-electron chi connectivity index (χ1n) is 5.32. The average molecular weight is 249 g/mol. The third-order valence-corrected chi connectivity index (χ3v) is 2.58. The number of fused-ring (bicyclic) bond motifs is 1. The van der Waals surface area contributed by atoms with Crippen molar-refractivity contribution in [2.75, 3.05) is 13.9 Å². The van der Waals surface area contributed by atoms with Crippen LogP contribution in [-0.4, -0.2) is 24.0 Å². The Kier molecular flexibility index (Phi) is 2.52. The number of nitrogens with zero attached hydrogens (tertiary/aromatic N) is 2. The molecule has 0 unspecified atom stereocenters. The molecule has 94 valence electrons. The van der Waals surface area contributed by atoms with Crippen molar-refractivity contribution in [3.05, 3.63) is 18.0 Å². The molecule has 2 heterocycles. The van der Waals surface area contributed by atoms with E-state index in [1.54, 1.807) is 19.2 Å². The summed E-state index contributed by atoms with van der Waals surface area (Å²) in [4.78, 5) is 4.15. The molecule has 2 N–H and O–H groups in total. The van der Waals surface area contributed by atoms with Crippen LogP contribution >= 0.6 is 0 Å². The summed E-state index contributed by atoms with van der Waals surface area (Å²) in [6, 6.07) is 3.49. The predicted molar refractivity (Wildman–Crippen MR) is 60.3 cm³/mol. The maximum Gasteiger partial charge on any atom is 0.240 e. The first kappa shape index (κ1) is 10.8. The Balaban J connectivity index is 2.10. The van der Waals surface area contributed by atoms with E-state index in [0.717, 1.165) is 0 Å². The minimum absolute atomic E-state index is 0.194. The van der Waals surface area contributed by atoms with Gasteiger partial charge in [-0.1, -0.05) is 5.16 Å². The summed E-state index contributed by atoms with van der Waals surface area (Å²) >= 11 is 0. The highest BCUT2D eigenvalue weighted by Gasteiger charge is 2.21. The Morgan fingerprint density at radius 1 is 1.33 bits per heavy atom. The molecule has 0 atom stereocenters. The van der Waals surface area contributed by atoms with Crippen molar-refractivity contribution in [2.24, 2.45) is 5.73 Å². The Morgan fingerprint density at radius 3 is 2.78 bits per heavy atom. The van der Waals surface area contributed by atoms with Gasteiger partial charge in [0, 0.05) is 6.07 Å². The van der Waals surface area contributed by atoms with E-state index in [2.05, 4.69) is 10.1 Å². The van der Waals surface area contributed by atoms with Crippen molar-refractivity contribution in [3.8, 4) is 28.6 Å². The van der Waals surface area contributed by atoms with E-state index in [4.69, 9.17) is 24.5 Å². The van der Waals surface area contributed by atoms with E-state index in [1.807, 2.05) is 0 Å². The van der Waals surface area contributed by atoms with E-state index in [9.17, 15) is 0 Å². The minimum atomic E-state index is 0.194. The van der Waals surface area contributed by atoms with Crippen molar-refractivity contribution in [3.63, 3.8) is 0 Å². The summed E-state index contributed by atoms with van der Waals surface area (Å²) < 4.78 is 20.8. The summed E-state index contributed by atoms with van der Waals surface area (Å²) in [7, 11) is 1.56. The fraction of sp³-hybridized carbons (Fsp3) is 0.273. The number of rotatable bonds is 3. The summed E-state index contributed by atoms with van der Waals surface area (Å²) in [5, 5.41) is 3.85. The fourth-order valence-corrected chi connectivity index (χ4v) is 1.71. The molecule has 0 aliphatic carbocycles. The molecule has 1 aromatic carbocycles. The molecule has 0 fully saturated rings. The maximum atomic E-state index is 5.43. The highest BCUT2D eigenvalue weighted by molar-refractivity contribution is 5.69. The summed E-state index contributed by atoms with van der Waals surface area (Å²) in [6.07, 6.45) is 0. The van der Waals surface area contributed by atoms with Gasteiger partial charge < -0.3 is 24.5 Å². The Hall–Kier alpha value is -2.28. The van der Waals surface area contributed by atoms with Crippen LogP contribution in [0.15, 0.2) is 16.7 Å². The zero-order valence-electron chi connectivity index (χ0n) is 9.67. The van der Waals surface area contributed by atoms with Gasteiger partial charge in [0.05, 0.1) is 19.2 Å². The number of hydrogen-bond acceptors (Lipinski definition) is 7. The molecule has 7 heteroatoms. The molecule has 0 radical (unpaired) electrons. The number of benzene rings is 1. The van der Waals surface area contributed by atoms with Crippen LogP contribution in [0.5, 0.6) is 17.2 Å². The summed E-state index contributed by atoms with van der Waals surface area (Å²) in [5.41, 5.74) is 6.10. The van der Waals surface area contributed by atoms with Gasteiger partial charge in [-0.2, -0.15) is 4.98 Å². The van der Waals surface area contributed by atoms with Crippen LogP contribution in [0, 0.1) is 0 Å². The highest BCUT2D eigenvalue weighted by atomic mass is 16.7. The van der Waals surface area contributed by atoms with Crippen LogP contribution in [0.4, 0.5) is 0 Å². The largest absolute Gasteiger partial charge is 0.496 e. The van der Waals surface area contributed by atoms with Crippen molar-refractivity contribution in [1.29, 1.82) is 0 Å². The third kappa shape index (κ3) is 1.65. The zero-order valence-corrected chi connectivity index (χ0v) is 9.67. The maximum absolute atomic E-state index is 5.43.